The lowest BCUT2D eigenvalue weighted by atomic mass is 10.4. The van der Waals surface area contributed by atoms with Gasteiger partial charge in [-0.15, -0.1) is 6.58 Å². The third-order valence-corrected chi connectivity index (χ3v) is 3.25. The molecule has 96 valence electrons. The van der Waals surface area contributed by atoms with Gasteiger partial charge in [0.25, 0.3) is 0 Å². The molecule has 1 rings (SSSR count). The van der Waals surface area contributed by atoms with Crippen LogP contribution in [0.4, 0.5) is 0 Å². The number of quaternary nitrogens is 1. The van der Waals surface area contributed by atoms with Crippen molar-refractivity contribution in [2.45, 2.75) is 12.8 Å². The molecule has 1 heterocycles. The third kappa shape index (κ3) is 7.81. The monoisotopic (exact) mass is 251 g/mol. The molecule has 0 spiro atoms. The van der Waals surface area contributed by atoms with Gasteiger partial charge >= 0.3 is 0 Å². The van der Waals surface area contributed by atoms with Gasteiger partial charge < -0.3 is 14.1 Å². The van der Waals surface area contributed by atoms with Crippen LogP contribution in [0.2, 0.25) is 0 Å². The van der Waals surface area contributed by atoms with E-state index in [4.69, 9.17) is 5.11 Å². The van der Waals surface area contributed by atoms with Crippen molar-refractivity contribution in [3.63, 3.8) is 0 Å². The minimum absolute atomic E-state index is 0.344. The van der Waals surface area contributed by atoms with Crippen LogP contribution in [-0.2, 0) is 10.1 Å². The Bertz CT molecular complexity index is 294. The first-order chi connectivity index (χ1) is 7.33. The van der Waals surface area contributed by atoms with Gasteiger partial charge in [-0.05, 0) is 0 Å². The Morgan fingerprint density at radius 2 is 1.94 bits per heavy atom. The molecule has 0 aromatic rings. The van der Waals surface area contributed by atoms with Crippen molar-refractivity contribution in [3.05, 3.63) is 12.7 Å². The molecule has 0 unspecified atom stereocenters. The van der Waals surface area contributed by atoms with E-state index in [1.54, 1.807) is 0 Å². The molecule has 0 amide bonds. The Kier molecular flexibility index (Phi) is 6.82. The van der Waals surface area contributed by atoms with E-state index in [2.05, 4.69) is 13.6 Å². The largest absolute Gasteiger partial charge is 0.748 e. The van der Waals surface area contributed by atoms with Crippen LogP contribution in [0.5, 0.6) is 0 Å². The average molecular weight is 251 g/mol. The highest BCUT2D eigenvalue weighted by atomic mass is 32.2. The molecule has 0 atom stereocenters. The number of hydrogen-bond acceptors (Lipinski definition) is 4. The number of hydrogen-bond donors (Lipinski definition) is 1. The van der Waals surface area contributed by atoms with Crippen LogP contribution in [0, 0.1) is 0 Å². The Balaban J connectivity index is 0.000000293. The van der Waals surface area contributed by atoms with Crippen molar-refractivity contribution < 1.29 is 22.6 Å². The van der Waals surface area contributed by atoms with Gasteiger partial charge in [0.2, 0.25) is 0 Å². The van der Waals surface area contributed by atoms with Gasteiger partial charge in [0.1, 0.15) is 6.54 Å². The summed E-state index contributed by atoms with van der Waals surface area (Å²) in [7, 11) is -1.82. The van der Waals surface area contributed by atoms with Crippen molar-refractivity contribution in [2.24, 2.45) is 0 Å². The molecule has 1 saturated heterocycles. The van der Waals surface area contributed by atoms with Crippen molar-refractivity contribution >= 4 is 10.1 Å². The van der Waals surface area contributed by atoms with Gasteiger partial charge in [-0.1, -0.05) is 6.08 Å². The molecule has 1 aliphatic rings. The van der Waals surface area contributed by atoms with Crippen molar-refractivity contribution in [1.82, 2.24) is 0 Å². The minimum Gasteiger partial charge on any atom is -0.748 e. The maximum atomic E-state index is 9.60. The van der Waals surface area contributed by atoms with E-state index in [0.29, 0.717) is 6.61 Å². The first-order valence-corrected chi connectivity index (χ1v) is 6.89. The molecule has 0 radical (unpaired) electrons. The van der Waals surface area contributed by atoms with E-state index < -0.39 is 15.9 Å². The highest BCUT2D eigenvalue weighted by molar-refractivity contribution is 7.85. The van der Waals surface area contributed by atoms with Crippen LogP contribution in [0.1, 0.15) is 12.8 Å². The zero-order valence-corrected chi connectivity index (χ0v) is 10.6. The Morgan fingerprint density at radius 3 is 2.19 bits per heavy atom. The first-order valence-electron chi connectivity index (χ1n) is 5.32. The van der Waals surface area contributed by atoms with E-state index in [-0.39, 0.29) is 0 Å². The minimum atomic E-state index is -4.04. The molecule has 0 saturated carbocycles. The standard InChI is InChI=1S/C7H16NO.C3H6O3S/c1-8(6-7-9)4-2-3-5-8;1-2-3-7(4,5)6/h9H,2-7H2,1H3;2H,1,3H2,(H,4,5,6)/q+1;/p-1. The van der Waals surface area contributed by atoms with Crippen LogP contribution in [0.15, 0.2) is 12.7 Å². The van der Waals surface area contributed by atoms with E-state index in [0.717, 1.165) is 17.1 Å². The van der Waals surface area contributed by atoms with Gasteiger partial charge in [-0.2, -0.15) is 0 Å². The number of likely N-dealkylation sites (N-methyl/N-ethyl adjacent to an activating group) is 1. The second-order valence-electron chi connectivity index (χ2n) is 4.23. The zero-order chi connectivity index (χ0) is 12.7. The number of likely N-dealkylation sites (tertiary alicyclic amines) is 1. The summed E-state index contributed by atoms with van der Waals surface area (Å²) in [6.07, 6.45) is 3.75. The molecular formula is C10H21NO4S. The maximum Gasteiger partial charge on any atom is 0.102 e. The first kappa shape index (κ1) is 15.6. The van der Waals surface area contributed by atoms with E-state index >= 15 is 0 Å². The molecule has 6 heteroatoms. The predicted octanol–water partition coefficient (Wildman–Crippen LogP) is -0.0633. The summed E-state index contributed by atoms with van der Waals surface area (Å²) in [6, 6.07) is 0. The van der Waals surface area contributed by atoms with Gasteiger partial charge in [0, 0.05) is 12.8 Å². The molecule has 5 nitrogen and oxygen atoms in total. The summed E-state index contributed by atoms with van der Waals surface area (Å²) < 4.78 is 29.9. The molecule has 1 fully saturated rings. The number of aliphatic hydroxyl groups is 1. The van der Waals surface area contributed by atoms with Crippen molar-refractivity contribution in [3.8, 4) is 0 Å². The van der Waals surface area contributed by atoms with Crippen LogP contribution < -0.4 is 0 Å². The zero-order valence-electron chi connectivity index (χ0n) is 9.76. The molecule has 16 heavy (non-hydrogen) atoms. The predicted molar refractivity (Wildman–Crippen MR) is 61.9 cm³/mol. The lowest BCUT2D eigenvalue weighted by Gasteiger charge is -2.27. The summed E-state index contributed by atoms with van der Waals surface area (Å²) in [5.41, 5.74) is 0. The highest BCUT2D eigenvalue weighted by Gasteiger charge is 2.25. The summed E-state index contributed by atoms with van der Waals surface area (Å²) in [5, 5.41) is 8.68. The molecule has 0 aliphatic carbocycles. The van der Waals surface area contributed by atoms with Crippen LogP contribution in [0.25, 0.3) is 0 Å². The van der Waals surface area contributed by atoms with E-state index in [1.807, 2.05) is 0 Å². The summed E-state index contributed by atoms with van der Waals surface area (Å²) in [4.78, 5) is 0. The Hall–Kier alpha value is -0.430. The molecule has 0 aromatic carbocycles. The lowest BCUT2D eigenvalue weighted by molar-refractivity contribution is -0.897. The van der Waals surface area contributed by atoms with E-state index in [9.17, 15) is 13.0 Å². The van der Waals surface area contributed by atoms with Crippen LogP contribution >= 0.6 is 0 Å². The fourth-order valence-corrected chi connectivity index (χ4v) is 2.00. The topological polar surface area (TPSA) is 77.4 Å². The average Bonchev–Trinajstić information content (AvgIpc) is 2.51. The van der Waals surface area contributed by atoms with Crippen LogP contribution in [-0.4, -0.2) is 61.6 Å². The van der Waals surface area contributed by atoms with Crippen LogP contribution in [0.3, 0.4) is 0 Å². The molecule has 0 bridgehead atoms. The maximum absolute atomic E-state index is 9.60. The Labute approximate surface area is 97.7 Å². The smallest absolute Gasteiger partial charge is 0.102 e. The van der Waals surface area contributed by atoms with Crippen molar-refractivity contribution in [2.75, 3.05) is 39.0 Å². The SMILES string of the molecule is C=CCS(=O)(=O)[O-].C[N+]1(CCO)CCCC1. The van der Waals surface area contributed by atoms with Gasteiger partial charge in [-0.25, -0.2) is 8.42 Å². The second-order valence-corrected chi connectivity index (χ2v) is 5.68. The van der Waals surface area contributed by atoms with Gasteiger partial charge in [0.05, 0.1) is 42.6 Å². The van der Waals surface area contributed by atoms with E-state index in [1.165, 1.54) is 25.9 Å². The highest BCUT2D eigenvalue weighted by Crippen LogP contribution is 2.14. The fourth-order valence-electron chi connectivity index (χ4n) is 1.71. The summed E-state index contributed by atoms with van der Waals surface area (Å²) >= 11 is 0. The summed E-state index contributed by atoms with van der Waals surface area (Å²) in [6.45, 7) is 6.88. The molecular weight excluding hydrogens is 230 g/mol. The fraction of sp³-hybridized carbons (Fsp3) is 0.800. The normalized spacial score (nSPS) is 18.7. The Morgan fingerprint density at radius 1 is 1.44 bits per heavy atom. The number of nitrogens with zero attached hydrogens (tertiary/aromatic N) is 1. The molecule has 1 aliphatic heterocycles. The van der Waals surface area contributed by atoms with Gasteiger partial charge in [0.15, 0.2) is 0 Å². The number of aliphatic hydroxyl groups excluding tert-OH is 1. The lowest BCUT2D eigenvalue weighted by Crippen LogP contribution is -2.42. The number of rotatable bonds is 4. The van der Waals surface area contributed by atoms with Crippen molar-refractivity contribution in [1.29, 1.82) is 0 Å². The van der Waals surface area contributed by atoms with Gasteiger partial charge in [-0.3, -0.25) is 0 Å². The molecule has 1 N–H and O–H groups in total. The summed E-state index contributed by atoms with van der Waals surface area (Å²) in [5.74, 6) is -0.479. The third-order valence-electron chi connectivity index (χ3n) is 2.61. The quantitative estimate of drug-likeness (QED) is 0.431. The second kappa shape index (κ2) is 7.01. The molecule has 0 aromatic heterocycles.